The summed E-state index contributed by atoms with van der Waals surface area (Å²) in [6, 6.07) is 0. The SMILES string of the molecule is CCCCCCCCCCCCCC/C(C)=C(\C)C(=O)O. The number of allylic oxidation sites excluding steroid dienone is 1. The minimum Gasteiger partial charge on any atom is -0.478 e. The number of aliphatic carboxylic acids is 1. The molecule has 0 saturated heterocycles. The molecular weight excluding hydrogens is 260 g/mol. The van der Waals surface area contributed by atoms with Crippen molar-refractivity contribution in [3.63, 3.8) is 0 Å². The second-order valence-corrected chi connectivity index (χ2v) is 6.35. The maximum Gasteiger partial charge on any atom is 0.331 e. The number of carbonyl (C=O) groups is 1. The molecule has 124 valence electrons. The van der Waals surface area contributed by atoms with Crippen LogP contribution in [0.15, 0.2) is 11.1 Å². The van der Waals surface area contributed by atoms with Crippen LogP contribution in [-0.2, 0) is 4.79 Å². The van der Waals surface area contributed by atoms with E-state index in [1.54, 1.807) is 6.92 Å². The summed E-state index contributed by atoms with van der Waals surface area (Å²) in [5, 5.41) is 8.89. The number of hydrogen-bond donors (Lipinski definition) is 1. The Morgan fingerprint density at radius 3 is 1.48 bits per heavy atom. The topological polar surface area (TPSA) is 37.3 Å². The van der Waals surface area contributed by atoms with E-state index in [4.69, 9.17) is 5.11 Å². The summed E-state index contributed by atoms with van der Waals surface area (Å²) in [6.45, 7) is 5.92. The number of rotatable bonds is 14. The van der Waals surface area contributed by atoms with Crippen molar-refractivity contribution in [2.45, 2.75) is 104 Å². The zero-order valence-corrected chi connectivity index (χ0v) is 14.5. The molecule has 0 heterocycles. The van der Waals surface area contributed by atoms with Crippen LogP contribution in [0.3, 0.4) is 0 Å². The van der Waals surface area contributed by atoms with E-state index in [-0.39, 0.29) is 0 Å². The fraction of sp³-hybridized carbons (Fsp3) is 0.842. The third kappa shape index (κ3) is 12.6. The van der Waals surface area contributed by atoms with E-state index in [1.165, 1.54) is 70.6 Å². The molecule has 2 nitrogen and oxygen atoms in total. The maximum atomic E-state index is 10.8. The number of unbranched alkanes of at least 4 members (excludes halogenated alkanes) is 11. The molecule has 0 aliphatic heterocycles. The van der Waals surface area contributed by atoms with E-state index in [0.29, 0.717) is 5.57 Å². The van der Waals surface area contributed by atoms with E-state index in [9.17, 15) is 4.79 Å². The number of carboxylic acids is 1. The normalized spacial score (nSPS) is 12.3. The average molecular weight is 296 g/mol. The summed E-state index contributed by atoms with van der Waals surface area (Å²) in [6.07, 6.45) is 17.1. The third-order valence-electron chi connectivity index (χ3n) is 4.37. The van der Waals surface area contributed by atoms with Crippen molar-refractivity contribution >= 4 is 5.97 Å². The van der Waals surface area contributed by atoms with Gasteiger partial charge in [0.1, 0.15) is 0 Å². The first kappa shape index (κ1) is 20.2. The minimum absolute atomic E-state index is 0.526. The van der Waals surface area contributed by atoms with Gasteiger partial charge in [0.05, 0.1) is 0 Å². The van der Waals surface area contributed by atoms with E-state index in [1.807, 2.05) is 6.92 Å². The van der Waals surface area contributed by atoms with Crippen molar-refractivity contribution in [1.82, 2.24) is 0 Å². The highest BCUT2D eigenvalue weighted by atomic mass is 16.4. The van der Waals surface area contributed by atoms with Crippen molar-refractivity contribution < 1.29 is 9.90 Å². The molecule has 0 fully saturated rings. The van der Waals surface area contributed by atoms with Gasteiger partial charge in [-0.2, -0.15) is 0 Å². The van der Waals surface area contributed by atoms with Gasteiger partial charge in [-0.05, 0) is 26.7 Å². The fourth-order valence-corrected chi connectivity index (χ4v) is 2.60. The van der Waals surface area contributed by atoms with Crippen LogP contribution >= 0.6 is 0 Å². The van der Waals surface area contributed by atoms with Gasteiger partial charge in [-0.3, -0.25) is 0 Å². The van der Waals surface area contributed by atoms with Gasteiger partial charge >= 0.3 is 5.97 Å². The van der Waals surface area contributed by atoms with Crippen molar-refractivity contribution in [2.24, 2.45) is 0 Å². The lowest BCUT2D eigenvalue weighted by Crippen LogP contribution is -1.99. The molecule has 0 atom stereocenters. The molecule has 0 rings (SSSR count). The van der Waals surface area contributed by atoms with Crippen LogP contribution in [-0.4, -0.2) is 11.1 Å². The van der Waals surface area contributed by atoms with Crippen LogP contribution in [0.1, 0.15) is 104 Å². The first-order valence-corrected chi connectivity index (χ1v) is 8.99. The second-order valence-electron chi connectivity index (χ2n) is 6.35. The van der Waals surface area contributed by atoms with Gasteiger partial charge in [0.15, 0.2) is 0 Å². The third-order valence-corrected chi connectivity index (χ3v) is 4.37. The number of carboxylic acid groups (broad SMARTS) is 1. The quantitative estimate of drug-likeness (QED) is 0.293. The molecule has 0 amide bonds. The Kier molecular flexibility index (Phi) is 13.6. The molecule has 0 aromatic rings. The van der Waals surface area contributed by atoms with Crippen LogP contribution in [0.2, 0.25) is 0 Å². The lowest BCUT2D eigenvalue weighted by molar-refractivity contribution is -0.132. The van der Waals surface area contributed by atoms with Crippen molar-refractivity contribution in [2.75, 3.05) is 0 Å². The minimum atomic E-state index is -0.772. The van der Waals surface area contributed by atoms with Crippen molar-refractivity contribution in [3.05, 3.63) is 11.1 Å². The van der Waals surface area contributed by atoms with E-state index < -0.39 is 5.97 Å². The highest BCUT2D eigenvalue weighted by Gasteiger charge is 2.04. The van der Waals surface area contributed by atoms with E-state index >= 15 is 0 Å². The molecule has 0 radical (unpaired) electrons. The summed E-state index contributed by atoms with van der Waals surface area (Å²) >= 11 is 0. The largest absolute Gasteiger partial charge is 0.478 e. The second kappa shape index (κ2) is 14.2. The molecule has 0 spiro atoms. The molecule has 0 aromatic carbocycles. The maximum absolute atomic E-state index is 10.8. The fourth-order valence-electron chi connectivity index (χ4n) is 2.60. The smallest absolute Gasteiger partial charge is 0.331 e. The highest BCUT2D eigenvalue weighted by molar-refractivity contribution is 5.86. The van der Waals surface area contributed by atoms with Crippen LogP contribution in [0.25, 0.3) is 0 Å². The Bertz CT molecular complexity index is 292. The Labute approximate surface area is 132 Å². The van der Waals surface area contributed by atoms with Crippen LogP contribution in [0.4, 0.5) is 0 Å². The first-order chi connectivity index (χ1) is 10.1. The molecule has 0 aliphatic carbocycles. The predicted octanol–water partition coefficient (Wildman–Crippen LogP) is 6.50. The molecule has 1 N–H and O–H groups in total. The molecule has 2 heteroatoms. The highest BCUT2D eigenvalue weighted by Crippen LogP contribution is 2.15. The molecule has 0 saturated carbocycles. The van der Waals surface area contributed by atoms with Crippen molar-refractivity contribution in [3.8, 4) is 0 Å². The zero-order chi connectivity index (χ0) is 15.9. The summed E-state index contributed by atoms with van der Waals surface area (Å²) in [7, 11) is 0. The molecule has 0 aromatic heterocycles. The van der Waals surface area contributed by atoms with Gasteiger partial charge in [-0.25, -0.2) is 4.79 Å². The number of hydrogen-bond acceptors (Lipinski definition) is 1. The summed E-state index contributed by atoms with van der Waals surface area (Å²) in [5.41, 5.74) is 1.56. The van der Waals surface area contributed by atoms with Gasteiger partial charge in [0.25, 0.3) is 0 Å². The lowest BCUT2D eigenvalue weighted by Gasteiger charge is -2.05. The predicted molar refractivity (Wildman–Crippen MR) is 91.7 cm³/mol. The molecular formula is C19H36O2. The summed E-state index contributed by atoms with van der Waals surface area (Å²) in [5.74, 6) is -0.772. The monoisotopic (exact) mass is 296 g/mol. The van der Waals surface area contributed by atoms with Crippen LogP contribution in [0.5, 0.6) is 0 Å². The van der Waals surface area contributed by atoms with Gasteiger partial charge < -0.3 is 5.11 Å². The van der Waals surface area contributed by atoms with E-state index in [2.05, 4.69) is 6.92 Å². The summed E-state index contributed by atoms with van der Waals surface area (Å²) < 4.78 is 0. The molecule has 0 bridgehead atoms. The Balaban J connectivity index is 3.30. The molecule has 21 heavy (non-hydrogen) atoms. The summed E-state index contributed by atoms with van der Waals surface area (Å²) in [4.78, 5) is 10.8. The van der Waals surface area contributed by atoms with Crippen molar-refractivity contribution in [1.29, 1.82) is 0 Å². The standard InChI is InChI=1S/C19H36O2/c1-4-5-6-7-8-9-10-11-12-13-14-15-16-17(2)18(3)19(20)21/h4-16H2,1-3H3,(H,20,21)/b18-17+. The van der Waals surface area contributed by atoms with Crippen LogP contribution in [0, 0.1) is 0 Å². The van der Waals surface area contributed by atoms with E-state index in [0.717, 1.165) is 18.4 Å². The Morgan fingerprint density at radius 1 is 0.714 bits per heavy atom. The van der Waals surface area contributed by atoms with Gasteiger partial charge in [-0.1, -0.05) is 83.1 Å². The molecule has 0 aliphatic rings. The first-order valence-electron chi connectivity index (χ1n) is 8.99. The zero-order valence-electron chi connectivity index (χ0n) is 14.5. The van der Waals surface area contributed by atoms with Gasteiger partial charge in [0, 0.05) is 5.57 Å². The average Bonchev–Trinajstić information content (AvgIpc) is 2.47. The Morgan fingerprint density at radius 2 is 1.10 bits per heavy atom. The van der Waals surface area contributed by atoms with Gasteiger partial charge in [0.2, 0.25) is 0 Å². The molecule has 0 unspecified atom stereocenters. The van der Waals surface area contributed by atoms with Gasteiger partial charge in [-0.15, -0.1) is 0 Å². The lowest BCUT2D eigenvalue weighted by atomic mass is 10.0. The Hall–Kier alpha value is -0.790. The van der Waals surface area contributed by atoms with Crippen LogP contribution < -0.4 is 0 Å².